The summed E-state index contributed by atoms with van der Waals surface area (Å²) in [5, 5.41) is 0. The molecule has 0 aliphatic heterocycles. The van der Waals surface area contributed by atoms with Crippen molar-refractivity contribution in [3.05, 3.63) is 169 Å². The van der Waals surface area contributed by atoms with Gasteiger partial charge < -0.3 is 0 Å². The monoisotopic (exact) mass is 488 g/mol. The van der Waals surface area contributed by atoms with Crippen molar-refractivity contribution >= 4 is 0 Å². The largest absolute Gasteiger partial charge is 0.0622 e. The summed E-state index contributed by atoms with van der Waals surface area (Å²) in [6, 6.07) is 55.7. The standard InChI is InChI=1S/2C19H16/c1-15-6-5-9-19(14-15)18-12-10-17(11-13-18)16-7-3-2-4-8-16;1-15-7-9-17(10-8-15)19-13-11-18(12-14-19)16-5-3-2-4-6-16/h2*2-14H,1H3. The topological polar surface area (TPSA) is 0 Å². The number of benzene rings is 6. The molecule has 0 fully saturated rings. The smallest absolute Gasteiger partial charge is 0.0181 e. The third kappa shape index (κ3) is 6.35. The first-order valence-corrected chi connectivity index (χ1v) is 13.1. The van der Waals surface area contributed by atoms with Crippen LogP contribution < -0.4 is 0 Å². The van der Waals surface area contributed by atoms with Crippen molar-refractivity contribution in [2.75, 3.05) is 0 Å². The van der Waals surface area contributed by atoms with E-state index in [-0.39, 0.29) is 0 Å². The van der Waals surface area contributed by atoms with Gasteiger partial charge in [-0.15, -0.1) is 0 Å². The third-order valence-electron chi connectivity index (χ3n) is 6.72. The lowest BCUT2D eigenvalue weighted by Crippen LogP contribution is -1.81. The number of aryl methyl sites for hydroxylation is 2. The Labute approximate surface area is 226 Å². The van der Waals surface area contributed by atoms with Crippen molar-refractivity contribution in [3.8, 4) is 44.5 Å². The Hall–Kier alpha value is -4.68. The van der Waals surface area contributed by atoms with Crippen LogP contribution in [0.25, 0.3) is 44.5 Å². The molecule has 0 saturated heterocycles. The lowest BCUT2D eigenvalue weighted by atomic mass is 9.99. The molecular formula is C38H32. The highest BCUT2D eigenvalue weighted by molar-refractivity contribution is 5.71. The Morgan fingerprint density at radius 3 is 0.947 bits per heavy atom. The Kier molecular flexibility index (Phi) is 7.92. The van der Waals surface area contributed by atoms with Crippen LogP contribution in [-0.4, -0.2) is 0 Å². The zero-order chi connectivity index (χ0) is 26.2. The van der Waals surface area contributed by atoms with Gasteiger partial charge in [0.2, 0.25) is 0 Å². The Balaban J connectivity index is 0.000000155. The second-order valence-corrected chi connectivity index (χ2v) is 9.62. The van der Waals surface area contributed by atoms with Gasteiger partial charge in [-0.3, -0.25) is 0 Å². The molecule has 0 radical (unpaired) electrons. The zero-order valence-corrected chi connectivity index (χ0v) is 22.0. The molecule has 0 aliphatic rings. The molecule has 0 nitrogen and oxygen atoms in total. The van der Waals surface area contributed by atoms with Crippen molar-refractivity contribution in [2.45, 2.75) is 13.8 Å². The summed E-state index contributed by atoms with van der Waals surface area (Å²) in [6.07, 6.45) is 0. The summed E-state index contributed by atoms with van der Waals surface area (Å²) in [6.45, 7) is 4.24. The summed E-state index contributed by atoms with van der Waals surface area (Å²) in [4.78, 5) is 0. The maximum Gasteiger partial charge on any atom is -0.0181 e. The molecule has 0 heteroatoms. The predicted molar refractivity (Wildman–Crippen MR) is 164 cm³/mol. The molecule has 0 aliphatic carbocycles. The zero-order valence-electron chi connectivity index (χ0n) is 22.0. The molecule has 0 N–H and O–H groups in total. The van der Waals surface area contributed by atoms with Crippen LogP contribution in [0, 0.1) is 13.8 Å². The van der Waals surface area contributed by atoms with E-state index in [1.165, 1.54) is 55.6 Å². The summed E-state index contributed by atoms with van der Waals surface area (Å²) < 4.78 is 0. The first-order valence-electron chi connectivity index (χ1n) is 13.1. The number of rotatable bonds is 4. The second-order valence-electron chi connectivity index (χ2n) is 9.62. The van der Waals surface area contributed by atoms with Crippen LogP contribution in [0.4, 0.5) is 0 Å². The van der Waals surface area contributed by atoms with Crippen LogP contribution >= 0.6 is 0 Å². The molecule has 0 spiro atoms. The Bertz CT molecular complexity index is 1560. The van der Waals surface area contributed by atoms with Gasteiger partial charge in [-0.1, -0.05) is 169 Å². The van der Waals surface area contributed by atoms with Gasteiger partial charge in [0.15, 0.2) is 0 Å². The Morgan fingerprint density at radius 1 is 0.237 bits per heavy atom. The molecule has 38 heavy (non-hydrogen) atoms. The van der Waals surface area contributed by atoms with Crippen molar-refractivity contribution in [3.63, 3.8) is 0 Å². The highest BCUT2D eigenvalue weighted by Gasteiger charge is 2.01. The molecular weight excluding hydrogens is 456 g/mol. The maximum atomic E-state index is 2.22. The van der Waals surface area contributed by atoms with E-state index in [0.717, 1.165) is 0 Å². The van der Waals surface area contributed by atoms with Gasteiger partial charge >= 0.3 is 0 Å². The third-order valence-corrected chi connectivity index (χ3v) is 6.72. The summed E-state index contributed by atoms with van der Waals surface area (Å²) >= 11 is 0. The van der Waals surface area contributed by atoms with Crippen molar-refractivity contribution in [2.24, 2.45) is 0 Å². The quantitative estimate of drug-likeness (QED) is 0.231. The normalized spacial score (nSPS) is 10.4. The summed E-state index contributed by atoms with van der Waals surface area (Å²) in [5.74, 6) is 0. The van der Waals surface area contributed by atoms with Crippen molar-refractivity contribution in [1.29, 1.82) is 0 Å². The van der Waals surface area contributed by atoms with E-state index >= 15 is 0 Å². The van der Waals surface area contributed by atoms with Gasteiger partial charge in [-0.05, 0) is 58.4 Å². The number of hydrogen-bond acceptors (Lipinski definition) is 0. The fourth-order valence-electron chi connectivity index (χ4n) is 4.54. The van der Waals surface area contributed by atoms with Crippen LogP contribution in [0.15, 0.2) is 158 Å². The van der Waals surface area contributed by atoms with Gasteiger partial charge in [0.1, 0.15) is 0 Å². The summed E-state index contributed by atoms with van der Waals surface area (Å²) in [5.41, 5.74) is 12.7. The second kappa shape index (κ2) is 12.0. The molecule has 6 aromatic rings. The molecule has 0 saturated carbocycles. The molecule has 0 atom stereocenters. The molecule has 0 heterocycles. The van der Waals surface area contributed by atoms with Gasteiger partial charge in [0, 0.05) is 0 Å². The van der Waals surface area contributed by atoms with Gasteiger partial charge in [0.05, 0.1) is 0 Å². The van der Waals surface area contributed by atoms with E-state index in [1.54, 1.807) is 0 Å². The van der Waals surface area contributed by atoms with E-state index in [0.29, 0.717) is 0 Å². The SMILES string of the molecule is Cc1ccc(-c2ccc(-c3ccccc3)cc2)cc1.Cc1cccc(-c2ccc(-c3ccccc3)cc2)c1. The molecule has 184 valence electrons. The van der Waals surface area contributed by atoms with Crippen LogP contribution in [-0.2, 0) is 0 Å². The minimum absolute atomic E-state index is 1.26. The van der Waals surface area contributed by atoms with E-state index in [2.05, 4.69) is 159 Å². The first kappa shape index (κ1) is 25.0. The molecule has 6 aromatic carbocycles. The molecule has 0 unspecified atom stereocenters. The molecule has 0 amide bonds. The van der Waals surface area contributed by atoms with Gasteiger partial charge in [-0.25, -0.2) is 0 Å². The lowest BCUT2D eigenvalue weighted by Gasteiger charge is -2.05. The fraction of sp³-hybridized carbons (Fsp3) is 0.0526. The average Bonchev–Trinajstić information content (AvgIpc) is 2.99. The van der Waals surface area contributed by atoms with Crippen LogP contribution in [0.2, 0.25) is 0 Å². The Morgan fingerprint density at radius 2 is 0.553 bits per heavy atom. The van der Waals surface area contributed by atoms with Crippen LogP contribution in [0.3, 0.4) is 0 Å². The average molecular weight is 489 g/mol. The van der Waals surface area contributed by atoms with E-state index < -0.39 is 0 Å². The summed E-state index contributed by atoms with van der Waals surface area (Å²) in [7, 11) is 0. The van der Waals surface area contributed by atoms with Crippen molar-refractivity contribution < 1.29 is 0 Å². The maximum absolute atomic E-state index is 2.22. The van der Waals surface area contributed by atoms with Gasteiger partial charge in [-0.2, -0.15) is 0 Å². The van der Waals surface area contributed by atoms with E-state index in [9.17, 15) is 0 Å². The van der Waals surface area contributed by atoms with E-state index in [4.69, 9.17) is 0 Å². The molecule has 6 rings (SSSR count). The van der Waals surface area contributed by atoms with Gasteiger partial charge in [0.25, 0.3) is 0 Å². The lowest BCUT2D eigenvalue weighted by molar-refractivity contribution is 1.47. The first-order chi connectivity index (χ1) is 18.7. The molecule has 0 bridgehead atoms. The van der Waals surface area contributed by atoms with E-state index in [1.807, 2.05) is 12.1 Å². The van der Waals surface area contributed by atoms with Crippen molar-refractivity contribution in [1.82, 2.24) is 0 Å². The van der Waals surface area contributed by atoms with Crippen LogP contribution in [0.5, 0.6) is 0 Å². The highest BCUT2D eigenvalue weighted by atomic mass is 14.1. The number of hydrogen-bond donors (Lipinski definition) is 0. The fourth-order valence-corrected chi connectivity index (χ4v) is 4.54. The van der Waals surface area contributed by atoms with Crippen LogP contribution in [0.1, 0.15) is 11.1 Å². The minimum atomic E-state index is 1.26. The highest BCUT2D eigenvalue weighted by Crippen LogP contribution is 2.26. The molecule has 0 aromatic heterocycles. The minimum Gasteiger partial charge on any atom is -0.0622 e. The predicted octanol–water partition coefficient (Wildman–Crippen LogP) is 10.7.